The zero-order chi connectivity index (χ0) is 15.3. The number of benzene rings is 1. The third-order valence-corrected chi connectivity index (χ3v) is 2.99. The lowest BCUT2D eigenvalue weighted by atomic mass is 9.87. The molecule has 1 aromatic carbocycles. The van der Waals surface area contributed by atoms with Gasteiger partial charge in [-0.15, -0.1) is 0 Å². The molecule has 6 heteroatoms. The Hall–Kier alpha value is -1.33. The Morgan fingerprint density at radius 2 is 2.15 bits per heavy atom. The van der Waals surface area contributed by atoms with Crippen LogP contribution in [0.5, 0.6) is 0 Å². The number of aliphatic hydroxyl groups excluding tert-OH is 1. The van der Waals surface area contributed by atoms with Crippen LogP contribution in [0.1, 0.15) is 27.2 Å². The van der Waals surface area contributed by atoms with Crippen LogP contribution < -0.4 is 10.6 Å². The Kier molecular flexibility index (Phi) is 5.77. The highest BCUT2D eigenvalue weighted by atomic mass is 35.5. The van der Waals surface area contributed by atoms with Gasteiger partial charge in [-0.2, -0.15) is 0 Å². The fourth-order valence-electron chi connectivity index (χ4n) is 1.95. The van der Waals surface area contributed by atoms with Gasteiger partial charge in [0.15, 0.2) is 0 Å². The molecule has 1 unspecified atom stereocenters. The average Bonchev–Trinajstić information content (AvgIpc) is 2.29. The summed E-state index contributed by atoms with van der Waals surface area (Å²) in [5, 5.41) is 14.7. The molecule has 1 rings (SSSR count). The summed E-state index contributed by atoms with van der Waals surface area (Å²) in [6, 6.07) is 3.54. The molecule has 0 fully saturated rings. The van der Waals surface area contributed by atoms with Crippen molar-refractivity contribution in [1.82, 2.24) is 5.32 Å². The van der Waals surface area contributed by atoms with Crippen molar-refractivity contribution in [1.29, 1.82) is 0 Å². The molecule has 0 aliphatic heterocycles. The van der Waals surface area contributed by atoms with E-state index >= 15 is 0 Å². The Labute approximate surface area is 123 Å². The number of halogens is 2. The number of urea groups is 1. The SMILES string of the molecule is CC(O)CC(C)(C)CNC(=O)Nc1ccc(Cl)cc1F. The second-order valence-electron chi connectivity index (χ2n) is 5.65. The summed E-state index contributed by atoms with van der Waals surface area (Å²) in [7, 11) is 0. The van der Waals surface area contributed by atoms with E-state index in [2.05, 4.69) is 10.6 Å². The minimum absolute atomic E-state index is 0.0697. The highest BCUT2D eigenvalue weighted by Gasteiger charge is 2.21. The van der Waals surface area contributed by atoms with Crippen molar-refractivity contribution in [2.75, 3.05) is 11.9 Å². The van der Waals surface area contributed by atoms with Gasteiger partial charge < -0.3 is 15.7 Å². The van der Waals surface area contributed by atoms with Gasteiger partial charge in [0.25, 0.3) is 0 Å². The van der Waals surface area contributed by atoms with Crippen LogP contribution in [-0.2, 0) is 0 Å². The molecule has 1 aromatic rings. The van der Waals surface area contributed by atoms with Crippen molar-refractivity contribution in [3.8, 4) is 0 Å². The molecule has 4 nitrogen and oxygen atoms in total. The number of anilines is 1. The first-order chi connectivity index (χ1) is 9.19. The van der Waals surface area contributed by atoms with Gasteiger partial charge in [-0.1, -0.05) is 25.4 Å². The number of hydrogen-bond acceptors (Lipinski definition) is 2. The fourth-order valence-corrected chi connectivity index (χ4v) is 2.11. The van der Waals surface area contributed by atoms with Crippen LogP contribution in [-0.4, -0.2) is 23.8 Å². The Morgan fingerprint density at radius 1 is 1.50 bits per heavy atom. The maximum atomic E-state index is 13.5. The van der Waals surface area contributed by atoms with Gasteiger partial charge in [0.2, 0.25) is 0 Å². The summed E-state index contributed by atoms with van der Waals surface area (Å²) in [5.41, 5.74) is -0.176. The Balaban J connectivity index is 2.52. The highest BCUT2D eigenvalue weighted by Crippen LogP contribution is 2.21. The van der Waals surface area contributed by atoms with E-state index < -0.39 is 18.0 Å². The van der Waals surface area contributed by atoms with Gasteiger partial charge in [0.05, 0.1) is 11.8 Å². The molecule has 0 saturated heterocycles. The molecule has 0 aliphatic carbocycles. The quantitative estimate of drug-likeness (QED) is 0.780. The van der Waals surface area contributed by atoms with Crippen molar-refractivity contribution >= 4 is 23.3 Å². The van der Waals surface area contributed by atoms with Crippen LogP contribution in [0.3, 0.4) is 0 Å². The Bertz CT molecular complexity index is 478. The van der Waals surface area contributed by atoms with Crippen LogP contribution in [0, 0.1) is 11.2 Å². The summed E-state index contributed by atoms with van der Waals surface area (Å²) < 4.78 is 13.5. The third kappa shape index (κ3) is 5.75. The van der Waals surface area contributed by atoms with Crippen molar-refractivity contribution in [3.05, 3.63) is 29.0 Å². The first kappa shape index (κ1) is 16.7. The second-order valence-corrected chi connectivity index (χ2v) is 6.09. The van der Waals surface area contributed by atoms with E-state index in [4.69, 9.17) is 11.6 Å². The predicted molar refractivity (Wildman–Crippen MR) is 78.5 cm³/mol. The molecule has 1 atom stereocenters. The van der Waals surface area contributed by atoms with E-state index in [0.717, 1.165) is 6.07 Å². The molecule has 0 bridgehead atoms. The monoisotopic (exact) mass is 302 g/mol. The van der Waals surface area contributed by atoms with Gasteiger partial charge in [-0.25, -0.2) is 9.18 Å². The van der Waals surface area contributed by atoms with E-state index in [-0.39, 0.29) is 16.1 Å². The summed E-state index contributed by atoms with van der Waals surface area (Å²) in [5.74, 6) is -0.587. The zero-order valence-electron chi connectivity index (χ0n) is 11.8. The van der Waals surface area contributed by atoms with Gasteiger partial charge in [-0.05, 0) is 37.0 Å². The van der Waals surface area contributed by atoms with Gasteiger partial charge in [0, 0.05) is 11.6 Å². The van der Waals surface area contributed by atoms with Crippen LogP contribution in [0.4, 0.5) is 14.9 Å². The van der Waals surface area contributed by atoms with E-state index in [1.54, 1.807) is 6.92 Å². The smallest absolute Gasteiger partial charge is 0.319 e. The van der Waals surface area contributed by atoms with Gasteiger partial charge >= 0.3 is 6.03 Å². The molecule has 0 saturated carbocycles. The third-order valence-electron chi connectivity index (χ3n) is 2.75. The molecule has 0 spiro atoms. The molecule has 20 heavy (non-hydrogen) atoms. The lowest BCUT2D eigenvalue weighted by molar-refractivity contribution is 0.129. The van der Waals surface area contributed by atoms with E-state index in [0.29, 0.717) is 13.0 Å². The topological polar surface area (TPSA) is 61.4 Å². The Morgan fingerprint density at radius 3 is 2.70 bits per heavy atom. The highest BCUT2D eigenvalue weighted by molar-refractivity contribution is 6.30. The molecular formula is C14H20ClFN2O2. The molecule has 0 aliphatic rings. The molecular weight excluding hydrogens is 283 g/mol. The number of hydrogen-bond donors (Lipinski definition) is 3. The lowest BCUT2D eigenvalue weighted by Gasteiger charge is -2.26. The standard InChI is InChI=1S/C14H20ClFN2O2/c1-9(19)7-14(2,3)8-17-13(20)18-12-5-4-10(15)6-11(12)16/h4-6,9,19H,7-8H2,1-3H3,(H2,17,18,20). The normalized spacial score (nSPS) is 12.9. The second kappa shape index (κ2) is 6.90. The van der Waals surface area contributed by atoms with Crippen LogP contribution in [0.2, 0.25) is 5.02 Å². The molecule has 0 heterocycles. The first-order valence-corrected chi connectivity index (χ1v) is 6.75. The van der Waals surface area contributed by atoms with Crippen molar-refractivity contribution in [2.45, 2.75) is 33.3 Å². The number of carbonyl (C=O) groups is 1. The number of aliphatic hydroxyl groups is 1. The summed E-state index contributed by atoms with van der Waals surface area (Å²) >= 11 is 5.63. The van der Waals surface area contributed by atoms with Gasteiger partial charge in [0.1, 0.15) is 5.82 Å². The van der Waals surface area contributed by atoms with E-state index in [1.165, 1.54) is 12.1 Å². The molecule has 112 valence electrons. The number of nitrogens with one attached hydrogen (secondary N) is 2. The lowest BCUT2D eigenvalue weighted by Crippen LogP contribution is -2.38. The number of carbonyl (C=O) groups excluding carboxylic acids is 1. The maximum Gasteiger partial charge on any atom is 0.319 e. The van der Waals surface area contributed by atoms with Crippen molar-refractivity contribution in [3.63, 3.8) is 0 Å². The summed E-state index contributed by atoms with van der Waals surface area (Å²) in [6.45, 7) is 5.94. The van der Waals surface area contributed by atoms with E-state index in [9.17, 15) is 14.3 Å². The van der Waals surface area contributed by atoms with Gasteiger partial charge in [-0.3, -0.25) is 0 Å². The molecule has 3 N–H and O–H groups in total. The number of rotatable bonds is 5. The van der Waals surface area contributed by atoms with Crippen LogP contribution >= 0.6 is 11.6 Å². The first-order valence-electron chi connectivity index (χ1n) is 6.37. The van der Waals surface area contributed by atoms with Crippen molar-refractivity contribution in [2.24, 2.45) is 5.41 Å². The number of amides is 2. The predicted octanol–water partition coefficient (Wildman–Crippen LogP) is 3.40. The average molecular weight is 303 g/mol. The molecule has 0 radical (unpaired) electrons. The maximum absolute atomic E-state index is 13.5. The van der Waals surface area contributed by atoms with Crippen molar-refractivity contribution < 1.29 is 14.3 Å². The van der Waals surface area contributed by atoms with Crippen LogP contribution in [0.25, 0.3) is 0 Å². The van der Waals surface area contributed by atoms with E-state index in [1.807, 2.05) is 13.8 Å². The minimum Gasteiger partial charge on any atom is -0.393 e. The summed E-state index contributed by atoms with van der Waals surface area (Å²) in [6.07, 6.45) is 0.117. The molecule has 2 amide bonds. The largest absolute Gasteiger partial charge is 0.393 e. The minimum atomic E-state index is -0.587. The van der Waals surface area contributed by atoms with Crippen LogP contribution in [0.15, 0.2) is 18.2 Å². The summed E-state index contributed by atoms with van der Waals surface area (Å²) in [4.78, 5) is 11.7. The fraction of sp³-hybridized carbons (Fsp3) is 0.500. The molecule has 0 aromatic heterocycles. The zero-order valence-corrected chi connectivity index (χ0v) is 12.6.